The molecule has 0 aliphatic heterocycles. The number of thiazole rings is 1. The van der Waals surface area contributed by atoms with Crippen LogP contribution in [-0.2, 0) is 11.3 Å². The third kappa shape index (κ3) is 4.18. The molecule has 0 aliphatic rings. The molecule has 0 saturated heterocycles. The molecule has 0 aliphatic carbocycles. The van der Waals surface area contributed by atoms with E-state index in [9.17, 15) is 4.79 Å². The number of carbonyl (C=O) groups is 1. The van der Waals surface area contributed by atoms with Crippen LogP contribution in [-0.4, -0.2) is 20.7 Å². The molecule has 2 rings (SSSR count). The number of hydrogen-bond acceptors (Lipinski definition) is 4. The molecule has 118 valence electrons. The number of halogens is 1. The Hall–Kier alpha value is -1.66. The average molecular weight is 339 g/mol. The highest BCUT2D eigenvalue weighted by Gasteiger charge is 2.12. The first-order valence-corrected chi connectivity index (χ1v) is 8.26. The summed E-state index contributed by atoms with van der Waals surface area (Å²) in [6.45, 7) is 8.72. The van der Waals surface area contributed by atoms with Gasteiger partial charge in [0.2, 0.25) is 5.91 Å². The maximum atomic E-state index is 11.9. The van der Waals surface area contributed by atoms with Crippen molar-refractivity contribution in [2.24, 2.45) is 5.92 Å². The molecule has 0 aromatic carbocycles. The number of rotatable bonds is 5. The lowest BCUT2D eigenvalue weighted by atomic mass is 10.2. The number of aromatic nitrogens is 3. The minimum atomic E-state index is -0.235. The van der Waals surface area contributed by atoms with Gasteiger partial charge in [-0.05, 0) is 25.8 Å². The number of hydrogen-bond donors (Lipinski definition) is 1. The largest absolute Gasteiger partial charge is 0.298 e. The highest BCUT2D eigenvalue weighted by Crippen LogP contribution is 2.22. The average Bonchev–Trinajstić information content (AvgIpc) is 2.92. The highest BCUT2D eigenvalue weighted by molar-refractivity contribution is 7.13. The molecule has 5 nitrogen and oxygen atoms in total. The van der Waals surface area contributed by atoms with Crippen LogP contribution in [0.2, 0.25) is 5.15 Å². The van der Waals surface area contributed by atoms with Crippen molar-refractivity contribution in [3.8, 4) is 0 Å². The Morgan fingerprint density at radius 2 is 2.23 bits per heavy atom. The van der Waals surface area contributed by atoms with Gasteiger partial charge in [0.1, 0.15) is 5.15 Å². The van der Waals surface area contributed by atoms with Gasteiger partial charge in [0.05, 0.1) is 11.4 Å². The van der Waals surface area contributed by atoms with Gasteiger partial charge in [-0.1, -0.05) is 25.4 Å². The van der Waals surface area contributed by atoms with Gasteiger partial charge in [-0.3, -0.25) is 14.8 Å². The van der Waals surface area contributed by atoms with E-state index < -0.39 is 0 Å². The van der Waals surface area contributed by atoms with Crippen molar-refractivity contribution in [3.05, 3.63) is 33.6 Å². The van der Waals surface area contributed by atoms with Gasteiger partial charge in [0.25, 0.3) is 0 Å². The number of nitrogens with zero attached hydrogens (tertiary/aromatic N) is 3. The first kappa shape index (κ1) is 16.7. The predicted molar refractivity (Wildman–Crippen MR) is 91.3 cm³/mol. The smallest absolute Gasteiger partial charge is 0.250 e. The second-order valence-corrected chi connectivity index (χ2v) is 6.70. The second kappa shape index (κ2) is 7.07. The van der Waals surface area contributed by atoms with Crippen LogP contribution in [0.25, 0.3) is 6.08 Å². The summed E-state index contributed by atoms with van der Waals surface area (Å²) < 4.78 is 1.77. The Bertz CT molecular complexity index is 702. The van der Waals surface area contributed by atoms with E-state index in [4.69, 9.17) is 11.6 Å². The molecule has 0 saturated carbocycles. The fourth-order valence-corrected chi connectivity index (χ4v) is 2.94. The van der Waals surface area contributed by atoms with Gasteiger partial charge in [-0.15, -0.1) is 11.3 Å². The monoisotopic (exact) mass is 338 g/mol. The molecule has 0 bridgehead atoms. The van der Waals surface area contributed by atoms with Crippen LogP contribution in [0.4, 0.5) is 5.13 Å². The Balaban J connectivity index is 2.09. The van der Waals surface area contributed by atoms with Gasteiger partial charge < -0.3 is 0 Å². The summed E-state index contributed by atoms with van der Waals surface area (Å²) in [6.07, 6.45) is 3.14. The van der Waals surface area contributed by atoms with Crippen molar-refractivity contribution in [2.45, 2.75) is 34.2 Å². The molecule has 0 unspecified atom stereocenters. The van der Waals surface area contributed by atoms with E-state index in [2.05, 4.69) is 29.2 Å². The molecular formula is C15H19ClN4OS. The Morgan fingerprint density at radius 3 is 2.82 bits per heavy atom. The van der Waals surface area contributed by atoms with Crippen LogP contribution in [0.1, 0.15) is 30.8 Å². The zero-order chi connectivity index (χ0) is 16.3. The molecule has 1 N–H and O–H groups in total. The Morgan fingerprint density at radius 1 is 1.50 bits per heavy atom. The second-order valence-electron chi connectivity index (χ2n) is 5.48. The zero-order valence-electron chi connectivity index (χ0n) is 13.1. The molecule has 0 fully saturated rings. The van der Waals surface area contributed by atoms with Gasteiger partial charge in [-0.25, -0.2) is 4.98 Å². The van der Waals surface area contributed by atoms with Crippen LogP contribution < -0.4 is 5.32 Å². The summed E-state index contributed by atoms with van der Waals surface area (Å²) in [7, 11) is 0. The summed E-state index contributed by atoms with van der Waals surface area (Å²) in [5.74, 6) is 0.214. The maximum absolute atomic E-state index is 11.9. The van der Waals surface area contributed by atoms with Crippen molar-refractivity contribution in [2.75, 3.05) is 5.32 Å². The molecule has 7 heteroatoms. The molecule has 2 heterocycles. The quantitative estimate of drug-likeness (QED) is 0.840. The van der Waals surface area contributed by atoms with Crippen molar-refractivity contribution >= 4 is 40.1 Å². The summed E-state index contributed by atoms with van der Waals surface area (Å²) in [5, 5.41) is 10.2. The van der Waals surface area contributed by atoms with E-state index in [-0.39, 0.29) is 5.91 Å². The molecular weight excluding hydrogens is 320 g/mol. The third-order valence-electron chi connectivity index (χ3n) is 2.90. The standard InChI is InChI=1S/C15H19ClN4OS/c1-9(2)7-20-14(16)12(11(4)19-20)5-6-13(21)18-15-17-10(3)8-22-15/h5-6,8-9H,7H2,1-4H3,(H,17,18,21)/b6-5+. The molecule has 0 radical (unpaired) electrons. The van der Waals surface area contributed by atoms with E-state index in [0.29, 0.717) is 16.2 Å². The number of carbonyl (C=O) groups excluding carboxylic acids is 1. The van der Waals surface area contributed by atoms with Crippen molar-refractivity contribution in [3.63, 3.8) is 0 Å². The highest BCUT2D eigenvalue weighted by atomic mass is 35.5. The summed E-state index contributed by atoms with van der Waals surface area (Å²) in [5.41, 5.74) is 2.46. The fourth-order valence-electron chi connectivity index (χ4n) is 1.94. The minimum Gasteiger partial charge on any atom is -0.298 e. The first-order chi connectivity index (χ1) is 10.4. The van der Waals surface area contributed by atoms with Crippen LogP contribution in [0.15, 0.2) is 11.5 Å². The SMILES string of the molecule is Cc1csc(NC(=O)/C=C/c2c(C)nn(CC(C)C)c2Cl)n1. The molecule has 2 aromatic rings. The number of anilines is 1. The van der Waals surface area contributed by atoms with Crippen molar-refractivity contribution in [1.29, 1.82) is 0 Å². The third-order valence-corrected chi connectivity index (χ3v) is 4.17. The Kier molecular flexibility index (Phi) is 5.37. The fraction of sp³-hybridized carbons (Fsp3) is 0.400. The number of amides is 1. The van der Waals surface area contributed by atoms with Crippen LogP contribution in [0.3, 0.4) is 0 Å². The van der Waals surface area contributed by atoms with Gasteiger partial charge in [-0.2, -0.15) is 5.10 Å². The van der Waals surface area contributed by atoms with E-state index in [1.54, 1.807) is 10.8 Å². The van der Waals surface area contributed by atoms with E-state index in [0.717, 1.165) is 23.5 Å². The number of aryl methyl sites for hydroxylation is 2. The number of nitrogens with one attached hydrogen (secondary N) is 1. The van der Waals surface area contributed by atoms with Gasteiger partial charge in [0.15, 0.2) is 5.13 Å². The summed E-state index contributed by atoms with van der Waals surface area (Å²) in [6, 6.07) is 0. The zero-order valence-corrected chi connectivity index (χ0v) is 14.6. The molecule has 0 atom stereocenters. The normalized spacial score (nSPS) is 11.5. The Labute approximate surface area is 139 Å². The lowest BCUT2D eigenvalue weighted by Crippen LogP contribution is -2.07. The molecule has 22 heavy (non-hydrogen) atoms. The lowest BCUT2D eigenvalue weighted by molar-refractivity contribution is -0.111. The van der Waals surface area contributed by atoms with Crippen LogP contribution in [0, 0.1) is 19.8 Å². The summed E-state index contributed by atoms with van der Waals surface area (Å²) in [4.78, 5) is 16.1. The topological polar surface area (TPSA) is 59.8 Å². The minimum absolute atomic E-state index is 0.235. The van der Waals surface area contributed by atoms with Crippen molar-refractivity contribution < 1.29 is 4.79 Å². The molecule has 1 amide bonds. The van der Waals surface area contributed by atoms with Crippen molar-refractivity contribution in [1.82, 2.24) is 14.8 Å². The lowest BCUT2D eigenvalue weighted by Gasteiger charge is -2.05. The predicted octanol–water partition coefficient (Wildman–Crippen LogP) is 3.92. The van der Waals surface area contributed by atoms with Crippen LogP contribution in [0.5, 0.6) is 0 Å². The van der Waals surface area contributed by atoms with E-state index >= 15 is 0 Å². The summed E-state index contributed by atoms with van der Waals surface area (Å²) >= 11 is 7.73. The first-order valence-electron chi connectivity index (χ1n) is 7.01. The van der Waals surface area contributed by atoms with E-state index in [1.807, 2.05) is 19.2 Å². The maximum Gasteiger partial charge on any atom is 0.250 e. The molecule has 0 spiro atoms. The van der Waals surface area contributed by atoms with Gasteiger partial charge >= 0.3 is 0 Å². The van der Waals surface area contributed by atoms with Gasteiger partial charge in [0, 0.05) is 23.6 Å². The van der Waals surface area contributed by atoms with Crippen LogP contribution >= 0.6 is 22.9 Å². The van der Waals surface area contributed by atoms with E-state index in [1.165, 1.54) is 17.4 Å². The molecule has 2 aromatic heterocycles.